The molecular weight excluding hydrogens is 232 g/mol. The molecule has 0 saturated heterocycles. The van der Waals surface area contributed by atoms with Crippen molar-refractivity contribution in [1.82, 2.24) is 5.32 Å². The van der Waals surface area contributed by atoms with Gasteiger partial charge in [0.2, 0.25) is 0 Å². The smallest absolute Gasteiger partial charge is 0.0400 e. The van der Waals surface area contributed by atoms with Crippen molar-refractivity contribution in [1.29, 1.82) is 0 Å². The van der Waals surface area contributed by atoms with Gasteiger partial charge in [-0.1, -0.05) is 38.7 Å². The maximum absolute atomic E-state index is 4.37. The first-order chi connectivity index (χ1) is 8.97. The number of likely N-dealkylation sites (N-methyl/N-ethyl adjacent to an activating group) is 1. The van der Waals surface area contributed by atoms with Gasteiger partial charge in [-0.15, -0.1) is 0 Å². The van der Waals surface area contributed by atoms with Crippen LogP contribution in [0.5, 0.6) is 0 Å². The first-order valence-corrected chi connectivity index (χ1v) is 6.82. The molecule has 0 aromatic rings. The molecule has 106 valence electrons. The third-order valence-electron chi connectivity index (χ3n) is 3.04. The van der Waals surface area contributed by atoms with Gasteiger partial charge in [0.05, 0.1) is 0 Å². The molecule has 0 aliphatic rings. The lowest BCUT2D eigenvalue weighted by atomic mass is 9.94. The Hall–Kier alpha value is -1.41. The summed E-state index contributed by atoms with van der Waals surface area (Å²) in [5.41, 5.74) is 4.82. The van der Waals surface area contributed by atoms with Crippen LogP contribution in [0.2, 0.25) is 0 Å². The van der Waals surface area contributed by atoms with E-state index in [9.17, 15) is 0 Å². The van der Waals surface area contributed by atoms with Gasteiger partial charge in [-0.2, -0.15) is 0 Å². The van der Waals surface area contributed by atoms with Crippen LogP contribution in [0.25, 0.3) is 0 Å². The molecule has 0 radical (unpaired) electrons. The Morgan fingerprint density at radius 2 is 1.89 bits per heavy atom. The van der Waals surface area contributed by atoms with E-state index in [1.807, 2.05) is 26.3 Å². The second-order valence-electron chi connectivity index (χ2n) is 4.85. The summed E-state index contributed by atoms with van der Waals surface area (Å²) < 4.78 is 0. The van der Waals surface area contributed by atoms with Crippen LogP contribution < -0.4 is 5.32 Å². The Bertz CT molecular complexity index is 407. The summed E-state index contributed by atoms with van der Waals surface area (Å²) in [5, 5.41) is 3.14. The topological polar surface area (TPSA) is 24.4 Å². The van der Waals surface area contributed by atoms with Crippen LogP contribution in [0.3, 0.4) is 0 Å². The number of aliphatic imine (C=N–C) groups is 1. The lowest BCUT2D eigenvalue weighted by molar-refractivity contribution is 0.773. The zero-order valence-corrected chi connectivity index (χ0v) is 13.2. The van der Waals surface area contributed by atoms with Crippen LogP contribution in [0.15, 0.2) is 52.2 Å². The van der Waals surface area contributed by atoms with Gasteiger partial charge in [0.25, 0.3) is 0 Å². The molecule has 2 heteroatoms. The average Bonchev–Trinajstić information content (AvgIpc) is 2.37. The van der Waals surface area contributed by atoms with E-state index in [0.717, 1.165) is 12.2 Å². The van der Waals surface area contributed by atoms with Crippen molar-refractivity contribution in [2.24, 2.45) is 10.9 Å². The standard InChI is InChI=1S/C17H28N2/c1-8-16(12-18-7)10-11-17(13(3)4)14(5)15(6)19-9-2/h8-11,13,18H,1,12H2,2-7H3/b15-14+,16-10+,17-11+,19-9?. The Labute approximate surface area is 118 Å². The van der Waals surface area contributed by atoms with Gasteiger partial charge in [0.15, 0.2) is 0 Å². The molecular formula is C17H28N2. The van der Waals surface area contributed by atoms with Gasteiger partial charge >= 0.3 is 0 Å². The highest BCUT2D eigenvalue weighted by atomic mass is 14.8. The summed E-state index contributed by atoms with van der Waals surface area (Å²) in [5.74, 6) is 0.471. The van der Waals surface area contributed by atoms with Crippen LogP contribution in [-0.2, 0) is 0 Å². The fourth-order valence-electron chi connectivity index (χ4n) is 1.85. The highest BCUT2D eigenvalue weighted by molar-refractivity contribution is 5.56. The maximum atomic E-state index is 4.37. The summed E-state index contributed by atoms with van der Waals surface area (Å²) in [4.78, 5) is 4.37. The number of hydrogen-bond acceptors (Lipinski definition) is 2. The molecule has 0 aliphatic heterocycles. The summed E-state index contributed by atoms with van der Waals surface area (Å²) in [6.07, 6.45) is 8.04. The highest BCUT2D eigenvalue weighted by Crippen LogP contribution is 2.23. The van der Waals surface area contributed by atoms with E-state index in [4.69, 9.17) is 0 Å². The Morgan fingerprint density at radius 1 is 1.26 bits per heavy atom. The Balaban J connectivity index is 5.45. The van der Waals surface area contributed by atoms with Gasteiger partial charge in [0, 0.05) is 18.5 Å². The lowest BCUT2D eigenvalue weighted by Gasteiger charge is -2.13. The summed E-state index contributed by atoms with van der Waals surface area (Å²) in [7, 11) is 1.94. The zero-order valence-electron chi connectivity index (χ0n) is 13.2. The molecule has 19 heavy (non-hydrogen) atoms. The van der Waals surface area contributed by atoms with Crippen molar-refractivity contribution in [3.63, 3.8) is 0 Å². The van der Waals surface area contributed by atoms with Crippen LogP contribution in [0, 0.1) is 5.92 Å². The van der Waals surface area contributed by atoms with Crippen molar-refractivity contribution in [2.75, 3.05) is 13.6 Å². The molecule has 0 aromatic carbocycles. The molecule has 0 bridgehead atoms. The van der Waals surface area contributed by atoms with E-state index in [2.05, 4.69) is 56.7 Å². The number of hydrogen-bond donors (Lipinski definition) is 1. The molecule has 0 rings (SSSR count). The second kappa shape index (κ2) is 9.51. The highest BCUT2D eigenvalue weighted by Gasteiger charge is 2.07. The van der Waals surface area contributed by atoms with E-state index in [-0.39, 0.29) is 0 Å². The molecule has 0 heterocycles. The van der Waals surface area contributed by atoms with Crippen molar-refractivity contribution >= 4 is 6.21 Å². The fourth-order valence-corrected chi connectivity index (χ4v) is 1.85. The van der Waals surface area contributed by atoms with Crippen LogP contribution in [0.4, 0.5) is 0 Å². The van der Waals surface area contributed by atoms with Crippen molar-refractivity contribution in [3.8, 4) is 0 Å². The predicted octanol–water partition coefficient (Wildman–Crippen LogP) is 4.29. The van der Waals surface area contributed by atoms with Crippen LogP contribution >= 0.6 is 0 Å². The molecule has 0 aromatic heterocycles. The number of rotatable bonds is 7. The number of allylic oxidation sites excluding steroid dienone is 5. The molecule has 2 nitrogen and oxygen atoms in total. The number of nitrogens with one attached hydrogen (secondary N) is 1. The van der Waals surface area contributed by atoms with E-state index in [1.165, 1.54) is 16.7 Å². The van der Waals surface area contributed by atoms with E-state index >= 15 is 0 Å². The Kier molecular flexibility index (Phi) is 8.81. The first-order valence-electron chi connectivity index (χ1n) is 6.82. The quantitative estimate of drug-likeness (QED) is 0.536. The predicted molar refractivity (Wildman–Crippen MR) is 87.7 cm³/mol. The van der Waals surface area contributed by atoms with Gasteiger partial charge < -0.3 is 5.32 Å². The van der Waals surface area contributed by atoms with Crippen molar-refractivity contribution < 1.29 is 0 Å². The van der Waals surface area contributed by atoms with Crippen LogP contribution in [0.1, 0.15) is 34.6 Å². The van der Waals surface area contributed by atoms with Gasteiger partial charge in [-0.25, -0.2) is 0 Å². The molecule has 0 fully saturated rings. The third kappa shape index (κ3) is 6.35. The molecule has 0 spiro atoms. The minimum absolute atomic E-state index is 0.471. The average molecular weight is 260 g/mol. The van der Waals surface area contributed by atoms with Gasteiger partial charge in [0.1, 0.15) is 0 Å². The lowest BCUT2D eigenvalue weighted by Crippen LogP contribution is -2.09. The minimum atomic E-state index is 0.471. The SMILES string of the molecule is C=C\C(=C/C=C(/C(C)=C(\C)N=CC)C(C)C)CNC. The van der Waals surface area contributed by atoms with E-state index < -0.39 is 0 Å². The van der Waals surface area contributed by atoms with Crippen molar-refractivity contribution in [2.45, 2.75) is 34.6 Å². The van der Waals surface area contributed by atoms with Gasteiger partial charge in [-0.05, 0) is 50.5 Å². The molecule has 0 amide bonds. The minimum Gasteiger partial charge on any atom is -0.316 e. The molecule has 0 unspecified atom stereocenters. The Morgan fingerprint density at radius 3 is 2.32 bits per heavy atom. The summed E-state index contributed by atoms with van der Waals surface area (Å²) >= 11 is 0. The molecule has 1 N–H and O–H groups in total. The molecule has 0 saturated carbocycles. The van der Waals surface area contributed by atoms with E-state index in [1.54, 1.807) is 0 Å². The largest absolute Gasteiger partial charge is 0.316 e. The normalized spacial score (nSPS) is 15.1. The number of nitrogens with zero attached hydrogens (tertiary/aromatic N) is 1. The fraction of sp³-hybridized carbons (Fsp3) is 0.471. The zero-order chi connectivity index (χ0) is 14.8. The first kappa shape index (κ1) is 17.6. The van der Waals surface area contributed by atoms with Gasteiger partial charge in [-0.3, -0.25) is 4.99 Å². The second-order valence-corrected chi connectivity index (χ2v) is 4.85. The monoisotopic (exact) mass is 260 g/mol. The molecule has 0 aliphatic carbocycles. The maximum Gasteiger partial charge on any atom is 0.0400 e. The summed E-state index contributed by atoms with van der Waals surface area (Å²) in [6, 6.07) is 0. The molecule has 0 atom stereocenters. The van der Waals surface area contributed by atoms with Crippen molar-refractivity contribution in [3.05, 3.63) is 47.2 Å². The van der Waals surface area contributed by atoms with Crippen LogP contribution in [-0.4, -0.2) is 19.8 Å². The third-order valence-corrected chi connectivity index (χ3v) is 3.04. The summed E-state index contributed by atoms with van der Waals surface area (Å²) in [6.45, 7) is 15.2. The van der Waals surface area contributed by atoms with E-state index in [0.29, 0.717) is 5.92 Å².